The summed E-state index contributed by atoms with van der Waals surface area (Å²) in [5.74, 6) is -0.464. The quantitative estimate of drug-likeness (QED) is 0.481. The van der Waals surface area contributed by atoms with E-state index in [1.165, 1.54) is 12.7 Å². The standard InChI is InChI=1S/C26H37N5O4/c1-26(2,3)25(34)29-21(17-35-16-19-10-6-4-7-11-19)24(33)30-22-14-31(18-27-22)15-23(32)28-20-12-8-5-9-13-20/h4,6-7,10-11,14,18,20-21H,5,8-9,12-13,15-17H2,1-3H3,(H,28,32)(H,29,34)(H,30,33)/t21-/m1/s1. The number of nitrogens with zero attached hydrogens (tertiary/aromatic N) is 2. The molecule has 3 amide bonds. The van der Waals surface area contributed by atoms with E-state index in [0.717, 1.165) is 31.2 Å². The molecule has 1 heterocycles. The van der Waals surface area contributed by atoms with E-state index in [0.29, 0.717) is 12.4 Å². The van der Waals surface area contributed by atoms with Crippen LogP contribution in [-0.4, -0.2) is 46.0 Å². The Morgan fingerprint density at radius 3 is 2.51 bits per heavy atom. The third-order valence-electron chi connectivity index (χ3n) is 5.88. The van der Waals surface area contributed by atoms with E-state index in [4.69, 9.17) is 4.74 Å². The van der Waals surface area contributed by atoms with E-state index >= 15 is 0 Å². The molecule has 2 aromatic rings. The SMILES string of the molecule is CC(C)(C)C(=O)N[C@H](COCc1ccccc1)C(=O)Nc1cn(CC(=O)NC2CCCCC2)cn1. The summed E-state index contributed by atoms with van der Waals surface area (Å²) >= 11 is 0. The maximum absolute atomic E-state index is 13.0. The average molecular weight is 484 g/mol. The Labute approximate surface area is 207 Å². The first kappa shape index (κ1) is 26.4. The summed E-state index contributed by atoms with van der Waals surface area (Å²) in [6.45, 7) is 5.80. The molecule has 1 fully saturated rings. The lowest BCUT2D eigenvalue weighted by molar-refractivity contribution is -0.133. The molecule has 0 spiro atoms. The van der Waals surface area contributed by atoms with Crippen molar-refractivity contribution in [3.8, 4) is 0 Å². The van der Waals surface area contributed by atoms with Crippen molar-refractivity contribution in [3.05, 3.63) is 48.4 Å². The number of hydrogen-bond donors (Lipinski definition) is 3. The molecule has 0 saturated heterocycles. The molecule has 1 aromatic carbocycles. The van der Waals surface area contributed by atoms with Crippen molar-refractivity contribution in [1.29, 1.82) is 0 Å². The monoisotopic (exact) mass is 483 g/mol. The molecule has 1 aliphatic rings. The fourth-order valence-electron chi connectivity index (χ4n) is 3.84. The number of ether oxygens (including phenoxy) is 1. The molecule has 0 bridgehead atoms. The molecule has 3 N–H and O–H groups in total. The maximum atomic E-state index is 13.0. The van der Waals surface area contributed by atoms with E-state index in [1.807, 2.05) is 30.3 Å². The summed E-state index contributed by atoms with van der Waals surface area (Å²) < 4.78 is 7.36. The lowest BCUT2D eigenvalue weighted by Crippen LogP contribution is -2.50. The van der Waals surface area contributed by atoms with Gasteiger partial charge >= 0.3 is 0 Å². The van der Waals surface area contributed by atoms with Crippen LogP contribution in [0.5, 0.6) is 0 Å². The predicted molar refractivity (Wildman–Crippen MR) is 133 cm³/mol. The highest BCUT2D eigenvalue weighted by molar-refractivity contribution is 5.97. The average Bonchev–Trinajstić information content (AvgIpc) is 3.25. The molecule has 35 heavy (non-hydrogen) atoms. The van der Waals surface area contributed by atoms with Crippen LogP contribution in [0.4, 0.5) is 5.82 Å². The Morgan fingerprint density at radius 2 is 1.83 bits per heavy atom. The Hall–Kier alpha value is -3.20. The number of carbonyl (C=O) groups excluding carboxylic acids is 3. The molecule has 1 aliphatic carbocycles. The van der Waals surface area contributed by atoms with Crippen LogP contribution < -0.4 is 16.0 Å². The van der Waals surface area contributed by atoms with Gasteiger partial charge in [0.1, 0.15) is 12.6 Å². The molecule has 1 saturated carbocycles. The molecule has 0 unspecified atom stereocenters. The van der Waals surface area contributed by atoms with Crippen molar-refractivity contribution in [3.63, 3.8) is 0 Å². The number of nitrogens with one attached hydrogen (secondary N) is 3. The van der Waals surface area contributed by atoms with Gasteiger partial charge in [-0.25, -0.2) is 4.98 Å². The normalized spacial score (nSPS) is 15.3. The second kappa shape index (κ2) is 12.5. The van der Waals surface area contributed by atoms with E-state index in [-0.39, 0.29) is 31.0 Å². The van der Waals surface area contributed by atoms with Gasteiger partial charge < -0.3 is 25.3 Å². The van der Waals surface area contributed by atoms with Gasteiger partial charge in [0.2, 0.25) is 11.8 Å². The van der Waals surface area contributed by atoms with E-state index in [2.05, 4.69) is 20.9 Å². The Morgan fingerprint density at radius 1 is 1.11 bits per heavy atom. The van der Waals surface area contributed by atoms with Crippen molar-refractivity contribution in [1.82, 2.24) is 20.2 Å². The molecular formula is C26H37N5O4. The summed E-state index contributed by atoms with van der Waals surface area (Å²) in [6.07, 6.45) is 8.67. The van der Waals surface area contributed by atoms with E-state index in [1.54, 1.807) is 31.5 Å². The minimum atomic E-state index is -0.898. The minimum Gasteiger partial charge on any atom is -0.374 e. The fourth-order valence-corrected chi connectivity index (χ4v) is 3.84. The van der Waals surface area contributed by atoms with E-state index in [9.17, 15) is 14.4 Å². The van der Waals surface area contributed by atoms with Crippen molar-refractivity contribution in [2.45, 2.75) is 78.1 Å². The van der Waals surface area contributed by atoms with Crippen molar-refractivity contribution in [2.75, 3.05) is 11.9 Å². The van der Waals surface area contributed by atoms with Crippen LogP contribution in [-0.2, 0) is 32.3 Å². The topological polar surface area (TPSA) is 114 Å². The van der Waals surface area contributed by atoms with Gasteiger partial charge in [-0.2, -0.15) is 0 Å². The number of imidazole rings is 1. The second-order valence-corrected chi connectivity index (χ2v) is 10.1. The summed E-state index contributed by atoms with van der Waals surface area (Å²) in [7, 11) is 0. The number of carbonyl (C=O) groups is 3. The van der Waals surface area contributed by atoms with Crippen LogP contribution in [0.1, 0.15) is 58.4 Å². The highest BCUT2D eigenvalue weighted by Gasteiger charge is 2.28. The first-order chi connectivity index (χ1) is 16.7. The number of benzene rings is 1. The first-order valence-electron chi connectivity index (χ1n) is 12.3. The van der Waals surface area contributed by atoms with Gasteiger partial charge in [-0.15, -0.1) is 0 Å². The zero-order valence-electron chi connectivity index (χ0n) is 20.9. The fraction of sp³-hybridized carbons (Fsp3) is 0.538. The van der Waals surface area contributed by atoms with Crippen LogP contribution in [0.2, 0.25) is 0 Å². The van der Waals surface area contributed by atoms with Crippen LogP contribution in [0.15, 0.2) is 42.9 Å². The van der Waals surface area contributed by atoms with Crippen LogP contribution in [0, 0.1) is 5.41 Å². The lowest BCUT2D eigenvalue weighted by atomic mass is 9.95. The first-order valence-corrected chi connectivity index (χ1v) is 12.3. The summed E-state index contributed by atoms with van der Waals surface area (Å²) in [5.41, 5.74) is 0.310. The van der Waals surface area contributed by atoms with Gasteiger partial charge in [0.15, 0.2) is 5.82 Å². The molecule has 0 aliphatic heterocycles. The largest absolute Gasteiger partial charge is 0.374 e. The maximum Gasteiger partial charge on any atom is 0.250 e. The number of rotatable bonds is 10. The highest BCUT2D eigenvalue weighted by Crippen LogP contribution is 2.17. The smallest absolute Gasteiger partial charge is 0.250 e. The highest BCUT2D eigenvalue weighted by atomic mass is 16.5. The minimum absolute atomic E-state index is 0.00699. The second-order valence-electron chi connectivity index (χ2n) is 10.1. The molecule has 3 rings (SSSR count). The Bertz CT molecular complexity index is 977. The Balaban J connectivity index is 1.55. The van der Waals surface area contributed by atoms with Crippen molar-refractivity contribution < 1.29 is 19.1 Å². The lowest BCUT2D eigenvalue weighted by Gasteiger charge is -2.23. The van der Waals surface area contributed by atoms with Gasteiger partial charge in [-0.05, 0) is 18.4 Å². The summed E-state index contributed by atoms with van der Waals surface area (Å²) in [4.78, 5) is 42.1. The number of hydrogen-bond acceptors (Lipinski definition) is 5. The van der Waals surface area contributed by atoms with Crippen molar-refractivity contribution >= 4 is 23.5 Å². The molecule has 1 aromatic heterocycles. The van der Waals surface area contributed by atoms with Gasteiger partial charge in [0.25, 0.3) is 5.91 Å². The van der Waals surface area contributed by atoms with Crippen molar-refractivity contribution in [2.24, 2.45) is 5.41 Å². The zero-order valence-corrected chi connectivity index (χ0v) is 20.9. The number of aromatic nitrogens is 2. The molecule has 1 atom stereocenters. The van der Waals surface area contributed by atoms with Gasteiger partial charge in [-0.1, -0.05) is 70.4 Å². The predicted octanol–water partition coefficient (Wildman–Crippen LogP) is 3.02. The molecule has 190 valence electrons. The molecular weight excluding hydrogens is 446 g/mol. The zero-order chi connectivity index (χ0) is 25.3. The van der Waals surface area contributed by atoms with E-state index < -0.39 is 17.4 Å². The van der Waals surface area contributed by atoms with Gasteiger partial charge in [0.05, 0.1) is 19.5 Å². The third-order valence-corrected chi connectivity index (χ3v) is 5.88. The van der Waals surface area contributed by atoms with Gasteiger partial charge in [0, 0.05) is 17.7 Å². The number of amides is 3. The Kier molecular flexibility index (Phi) is 9.42. The van der Waals surface area contributed by atoms with Gasteiger partial charge in [-0.3, -0.25) is 14.4 Å². The molecule has 9 heteroatoms. The van der Waals surface area contributed by atoms with Crippen LogP contribution >= 0.6 is 0 Å². The molecule has 9 nitrogen and oxygen atoms in total. The van der Waals surface area contributed by atoms with Crippen LogP contribution in [0.3, 0.4) is 0 Å². The third kappa shape index (κ3) is 8.83. The van der Waals surface area contributed by atoms with Crippen LogP contribution in [0.25, 0.3) is 0 Å². The number of anilines is 1. The summed E-state index contributed by atoms with van der Waals surface area (Å²) in [6, 6.07) is 8.94. The molecule has 0 radical (unpaired) electrons. The summed E-state index contributed by atoms with van der Waals surface area (Å²) in [5, 5.41) is 8.57.